The molecule has 3 unspecified atom stereocenters. The third-order valence-electron chi connectivity index (χ3n) is 10.3. The standard InChI is InChI=1S/C46H38N2/c1-2-17-38(18-3-1)47(44-22-10-15-36-13-5-7-19-41(36)44)39-28-24-33(25-29-39)34-26-30-40(31-27-34)48(46-23-11-16-37-32-43(37)46)45-21-9-6-14-35-12-4-8-20-42(35)45/h1-8,10-15,17,19-20,23-32,35,38,44H,9,18,21-22H2. The van der Waals surface area contributed by atoms with Gasteiger partial charge in [0.25, 0.3) is 0 Å². The van der Waals surface area contributed by atoms with Crippen molar-refractivity contribution in [1.82, 2.24) is 0 Å². The molecule has 0 N–H and O–H groups in total. The fraction of sp³-hybridized carbons (Fsp3) is 0.152. The number of allylic oxidation sites excluding steroid dienone is 13. The van der Waals surface area contributed by atoms with E-state index in [2.05, 4.69) is 179 Å². The van der Waals surface area contributed by atoms with E-state index in [1.807, 2.05) is 0 Å². The molecule has 6 aliphatic carbocycles. The number of hydrogen-bond donors (Lipinski definition) is 0. The fourth-order valence-electron chi connectivity index (χ4n) is 7.92. The molecule has 3 aromatic rings. The van der Waals surface area contributed by atoms with Crippen molar-refractivity contribution in [3.05, 3.63) is 203 Å². The Kier molecular flexibility index (Phi) is 7.30. The van der Waals surface area contributed by atoms with Gasteiger partial charge in [-0.1, -0.05) is 121 Å². The molecular weight excluding hydrogens is 581 g/mol. The molecule has 9 rings (SSSR count). The third kappa shape index (κ3) is 5.25. The van der Waals surface area contributed by atoms with Gasteiger partial charge in [-0.25, -0.2) is 0 Å². The average Bonchev–Trinajstić information content (AvgIpc) is 3.98. The van der Waals surface area contributed by atoms with Crippen LogP contribution in [0.2, 0.25) is 0 Å². The van der Waals surface area contributed by atoms with E-state index in [-0.39, 0.29) is 0 Å². The Morgan fingerprint density at radius 3 is 2.33 bits per heavy atom. The maximum atomic E-state index is 3.38. The quantitative estimate of drug-likeness (QED) is 0.192. The molecule has 2 heteroatoms. The van der Waals surface area contributed by atoms with Crippen LogP contribution in [0.4, 0.5) is 11.4 Å². The molecule has 0 radical (unpaired) electrons. The molecule has 0 saturated carbocycles. The summed E-state index contributed by atoms with van der Waals surface area (Å²) in [5.41, 5.74) is 17.6. The monoisotopic (exact) mass is 618 g/mol. The first-order valence-corrected chi connectivity index (χ1v) is 17.3. The van der Waals surface area contributed by atoms with Crippen molar-refractivity contribution in [3.63, 3.8) is 0 Å². The van der Waals surface area contributed by atoms with Crippen LogP contribution >= 0.6 is 0 Å². The molecular formula is C46H38N2. The Balaban J connectivity index is 1.04. The van der Waals surface area contributed by atoms with Crippen LogP contribution in [-0.2, 0) is 0 Å². The first-order valence-electron chi connectivity index (χ1n) is 17.3. The van der Waals surface area contributed by atoms with Crippen LogP contribution in [0.1, 0.15) is 42.9 Å². The highest BCUT2D eigenvalue weighted by Gasteiger charge is 2.32. The predicted molar refractivity (Wildman–Crippen MR) is 201 cm³/mol. The summed E-state index contributed by atoms with van der Waals surface area (Å²) in [5.74, 6) is 0.313. The summed E-state index contributed by atoms with van der Waals surface area (Å²) < 4.78 is 0. The van der Waals surface area contributed by atoms with Crippen LogP contribution in [0, 0.1) is 5.92 Å². The molecule has 0 heterocycles. The summed E-state index contributed by atoms with van der Waals surface area (Å²) >= 11 is 0. The van der Waals surface area contributed by atoms with Crippen molar-refractivity contribution < 1.29 is 0 Å². The van der Waals surface area contributed by atoms with Gasteiger partial charge in [0.05, 0.1) is 17.8 Å². The van der Waals surface area contributed by atoms with E-state index in [4.69, 9.17) is 0 Å². The van der Waals surface area contributed by atoms with Gasteiger partial charge in [0.1, 0.15) is 0 Å². The molecule has 0 aliphatic heterocycles. The Labute approximate surface area is 284 Å². The minimum atomic E-state index is 0.299. The maximum Gasteiger partial charge on any atom is 0.0589 e. The van der Waals surface area contributed by atoms with E-state index in [9.17, 15) is 0 Å². The molecule has 0 aromatic heterocycles. The van der Waals surface area contributed by atoms with E-state index < -0.39 is 0 Å². The maximum absolute atomic E-state index is 3.38. The van der Waals surface area contributed by atoms with Crippen LogP contribution < -0.4 is 9.80 Å². The molecule has 0 bridgehead atoms. The highest BCUT2D eigenvalue weighted by molar-refractivity contribution is 5.78. The first-order chi connectivity index (χ1) is 23.8. The fourth-order valence-corrected chi connectivity index (χ4v) is 7.92. The second-order valence-electron chi connectivity index (χ2n) is 13.2. The van der Waals surface area contributed by atoms with Crippen LogP contribution in [0.15, 0.2) is 192 Å². The topological polar surface area (TPSA) is 6.48 Å². The highest BCUT2D eigenvalue weighted by Crippen LogP contribution is 2.45. The minimum Gasteiger partial charge on any atom is -0.357 e. The molecule has 0 spiro atoms. The van der Waals surface area contributed by atoms with Gasteiger partial charge >= 0.3 is 0 Å². The van der Waals surface area contributed by atoms with Crippen molar-refractivity contribution in [3.8, 4) is 11.1 Å². The summed E-state index contributed by atoms with van der Waals surface area (Å²) in [5, 5.41) is 0. The lowest BCUT2D eigenvalue weighted by Gasteiger charge is -2.41. The summed E-state index contributed by atoms with van der Waals surface area (Å²) in [6, 6.07) is 27.9. The van der Waals surface area contributed by atoms with E-state index in [1.165, 1.54) is 61.7 Å². The Morgan fingerprint density at radius 1 is 0.688 bits per heavy atom. The number of fused-ring (bicyclic) bond motifs is 3. The zero-order valence-corrected chi connectivity index (χ0v) is 27.0. The highest BCUT2D eigenvalue weighted by atomic mass is 15.2. The molecule has 3 aromatic carbocycles. The van der Waals surface area contributed by atoms with E-state index >= 15 is 0 Å². The Morgan fingerprint density at radius 2 is 1.50 bits per heavy atom. The van der Waals surface area contributed by atoms with Gasteiger partial charge < -0.3 is 9.80 Å². The smallest absolute Gasteiger partial charge is 0.0589 e. The van der Waals surface area contributed by atoms with Crippen molar-refractivity contribution in [2.45, 2.75) is 37.8 Å². The average molecular weight is 619 g/mol. The van der Waals surface area contributed by atoms with Gasteiger partial charge in [-0.15, -0.1) is 5.73 Å². The third-order valence-corrected chi connectivity index (χ3v) is 10.3. The van der Waals surface area contributed by atoms with Gasteiger partial charge in [0, 0.05) is 34.1 Å². The van der Waals surface area contributed by atoms with Gasteiger partial charge in [0.15, 0.2) is 0 Å². The lowest BCUT2D eigenvalue weighted by Crippen LogP contribution is -2.38. The van der Waals surface area contributed by atoms with Crippen molar-refractivity contribution in [1.29, 1.82) is 0 Å². The number of hydrogen-bond acceptors (Lipinski definition) is 2. The van der Waals surface area contributed by atoms with Gasteiger partial charge in [-0.05, 0) is 96.0 Å². The van der Waals surface area contributed by atoms with E-state index in [0.717, 1.165) is 25.7 Å². The number of nitrogens with zero attached hydrogens (tertiary/aromatic N) is 2. The molecule has 0 saturated heterocycles. The molecule has 3 atom stereocenters. The SMILES string of the molecule is C1=CC=C(N(C2=C3C=CC=CC3C=CCC2)c2ccc(-c3ccc(N(C4C=CC=CC4)C4CC=Cc5ccccc54)cc3)cc2)C2=CC=12. The molecule has 232 valence electrons. The molecule has 2 nitrogen and oxygen atoms in total. The van der Waals surface area contributed by atoms with Crippen molar-refractivity contribution >= 4 is 17.5 Å². The largest absolute Gasteiger partial charge is 0.357 e. The van der Waals surface area contributed by atoms with Gasteiger partial charge in [-0.2, -0.15) is 0 Å². The first kappa shape index (κ1) is 28.6. The Hall–Kier alpha value is -5.56. The summed E-state index contributed by atoms with van der Waals surface area (Å²) in [6.07, 6.45) is 37.9. The number of rotatable bonds is 7. The number of anilines is 2. The van der Waals surface area contributed by atoms with Crippen molar-refractivity contribution in [2.75, 3.05) is 9.80 Å². The summed E-state index contributed by atoms with van der Waals surface area (Å²) in [7, 11) is 0. The van der Waals surface area contributed by atoms with Crippen LogP contribution in [-0.4, -0.2) is 6.04 Å². The lowest BCUT2D eigenvalue weighted by molar-refractivity contribution is 0.568. The van der Waals surface area contributed by atoms with Crippen LogP contribution in [0.5, 0.6) is 0 Å². The van der Waals surface area contributed by atoms with Gasteiger partial charge in [-0.3, -0.25) is 0 Å². The summed E-state index contributed by atoms with van der Waals surface area (Å²) in [4.78, 5) is 5.13. The van der Waals surface area contributed by atoms with E-state index in [1.54, 1.807) is 0 Å². The minimum absolute atomic E-state index is 0.299. The summed E-state index contributed by atoms with van der Waals surface area (Å²) in [6.45, 7) is 0. The molecule has 0 amide bonds. The predicted octanol–water partition coefficient (Wildman–Crippen LogP) is 11.3. The normalized spacial score (nSPS) is 22.7. The van der Waals surface area contributed by atoms with E-state index in [0.29, 0.717) is 18.0 Å². The second kappa shape index (κ2) is 12.2. The molecule has 0 fully saturated rings. The lowest BCUT2D eigenvalue weighted by atomic mass is 9.89. The van der Waals surface area contributed by atoms with Crippen LogP contribution in [0.25, 0.3) is 17.2 Å². The number of benzene rings is 3. The molecule has 6 aliphatic rings. The second-order valence-corrected chi connectivity index (χ2v) is 13.2. The zero-order valence-electron chi connectivity index (χ0n) is 27.0. The van der Waals surface area contributed by atoms with Crippen molar-refractivity contribution in [2.24, 2.45) is 5.92 Å². The Bertz CT molecular complexity index is 2110. The molecule has 48 heavy (non-hydrogen) atoms. The zero-order chi connectivity index (χ0) is 31.9. The van der Waals surface area contributed by atoms with Crippen LogP contribution in [0.3, 0.4) is 0 Å². The van der Waals surface area contributed by atoms with Gasteiger partial charge in [0.2, 0.25) is 0 Å².